The number of hydrogen-bond acceptors (Lipinski definition) is 1. The van der Waals surface area contributed by atoms with Crippen molar-refractivity contribution >= 4 is 17.3 Å². The minimum atomic E-state index is -0.844. The van der Waals surface area contributed by atoms with Crippen molar-refractivity contribution < 1.29 is 4.39 Å². The van der Waals surface area contributed by atoms with Gasteiger partial charge in [-0.25, -0.2) is 4.39 Å². The van der Waals surface area contributed by atoms with Gasteiger partial charge in [0, 0.05) is 0 Å². The van der Waals surface area contributed by atoms with Crippen LogP contribution >= 0.6 is 11.6 Å². The molecular formula is C10H11ClFN. The summed E-state index contributed by atoms with van der Waals surface area (Å²) in [6.45, 7) is 1.57. The molecule has 0 fully saturated rings. The zero-order valence-corrected chi connectivity index (χ0v) is 8.11. The lowest BCUT2D eigenvalue weighted by Crippen LogP contribution is -2.25. The average Bonchev–Trinajstić information content (AvgIpc) is 2.49. The van der Waals surface area contributed by atoms with Gasteiger partial charge in [0.05, 0.1) is 16.8 Å². The van der Waals surface area contributed by atoms with Crippen LogP contribution in [0.25, 0.3) is 0 Å². The van der Waals surface area contributed by atoms with Crippen LogP contribution in [0.15, 0.2) is 18.2 Å². The number of alkyl halides is 1. The number of anilines is 1. The van der Waals surface area contributed by atoms with Crippen LogP contribution < -0.4 is 5.32 Å². The Hall–Kier alpha value is -0.760. The molecule has 1 aromatic rings. The Bertz CT molecular complexity index is 325. The molecule has 0 bridgehead atoms. The summed E-state index contributed by atoms with van der Waals surface area (Å²) in [6, 6.07) is 5.58. The number of para-hydroxylation sites is 1. The molecule has 0 radical (unpaired) electrons. The molecule has 0 aromatic heterocycles. The van der Waals surface area contributed by atoms with Crippen LogP contribution in [0.2, 0.25) is 5.02 Å². The van der Waals surface area contributed by atoms with Crippen molar-refractivity contribution in [1.29, 1.82) is 0 Å². The first-order valence-electron chi connectivity index (χ1n) is 4.36. The normalized spacial score (nSPS) is 22.2. The molecule has 1 nitrogen and oxygen atoms in total. The van der Waals surface area contributed by atoms with Gasteiger partial charge in [-0.2, -0.15) is 0 Å². The summed E-state index contributed by atoms with van der Waals surface area (Å²) in [5, 5.41) is 3.78. The highest BCUT2D eigenvalue weighted by molar-refractivity contribution is 6.33. The first kappa shape index (κ1) is 8.82. The Kier molecular flexibility index (Phi) is 2.16. The molecular weight excluding hydrogens is 189 g/mol. The van der Waals surface area contributed by atoms with E-state index in [9.17, 15) is 4.39 Å². The number of halogens is 2. The molecule has 70 valence electrons. The van der Waals surface area contributed by atoms with E-state index in [1.54, 1.807) is 6.92 Å². The SMILES string of the molecule is CC(F)C1Cc2cccc(Cl)c2N1. The number of benzene rings is 1. The van der Waals surface area contributed by atoms with Crippen molar-refractivity contribution in [2.75, 3.05) is 5.32 Å². The van der Waals surface area contributed by atoms with Crippen molar-refractivity contribution in [3.63, 3.8) is 0 Å². The van der Waals surface area contributed by atoms with Crippen LogP contribution in [0, 0.1) is 0 Å². The average molecular weight is 200 g/mol. The Morgan fingerprint density at radius 3 is 3.00 bits per heavy atom. The van der Waals surface area contributed by atoms with Crippen LogP contribution in [0.4, 0.5) is 10.1 Å². The molecule has 0 saturated carbocycles. The maximum atomic E-state index is 13.0. The molecule has 1 aromatic carbocycles. The molecule has 1 aliphatic heterocycles. The lowest BCUT2D eigenvalue weighted by Gasteiger charge is -2.11. The van der Waals surface area contributed by atoms with Gasteiger partial charge in [-0.05, 0) is 25.0 Å². The first-order chi connectivity index (χ1) is 6.18. The van der Waals surface area contributed by atoms with Gasteiger partial charge in [0.25, 0.3) is 0 Å². The largest absolute Gasteiger partial charge is 0.378 e. The third-order valence-electron chi connectivity index (χ3n) is 2.42. The number of rotatable bonds is 1. The fraction of sp³-hybridized carbons (Fsp3) is 0.400. The lowest BCUT2D eigenvalue weighted by atomic mass is 10.1. The first-order valence-corrected chi connectivity index (χ1v) is 4.74. The monoisotopic (exact) mass is 199 g/mol. The quantitative estimate of drug-likeness (QED) is 0.733. The number of hydrogen-bond donors (Lipinski definition) is 1. The summed E-state index contributed by atoms with van der Waals surface area (Å²) in [6.07, 6.45) is -0.114. The molecule has 2 unspecified atom stereocenters. The third kappa shape index (κ3) is 1.51. The molecule has 2 rings (SSSR count). The highest BCUT2D eigenvalue weighted by Crippen LogP contribution is 2.33. The molecule has 2 atom stereocenters. The van der Waals surface area contributed by atoms with E-state index in [-0.39, 0.29) is 6.04 Å². The fourth-order valence-corrected chi connectivity index (χ4v) is 1.90. The molecule has 1 aliphatic rings. The molecule has 1 heterocycles. The number of fused-ring (bicyclic) bond motifs is 1. The Balaban J connectivity index is 2.30. The van der Waals surface area contributed by atoms with E-state index in [0.29, 0.717) is 5.02 Å². The van der Waals surface area contributed by atoms with E-state index < -0.39 is 6.17 Å². The van der Waals surface area contributed by atoms with Crippen LogP contribution in [0.5, 0.6) is 0 Å². The second-order valence-corrected chi connectivity index (χ2v) is 3.81. The van der Waals surface area contributed by atoms with Crippen molar-refractivity contribution in [2.24, 2.45) is 0 Å². The van der Waals surface area contributed by atoms with Crippen LogP contribution in [0.3, 0.4) is 0 Å². The van der Waals surface area contributed by atoms with Gasteiger partial charge in [0.1, 0.15) is 6.17 Å². The third-order valence-corrected chi connectivity index (χ3v) is 2.74. The maximum Gasteiger partial charge on any atom is 0.118 e. The van der Waals surface area contributed by atoms with Gasteiger partial charge in [-0.15, -0.1) is 0 Å². The minimum Gasteiger partial charge on any atom is -0.378 e. The van der Waals surface area contributed by atoms with Gasteiger partial charge in [0.15, 0.2) is 0 Å². The van der Waals surface area contributed by atoms with Crippen LogP contribution in [-0.4, -0.2) is 12.2 Å². The molecule has 0 saturated heterocycles. The fourth-order valence-electron chi connectivity index (χ4n) is 1.65. The zero-order chi connectivity index (χ0) is 9.42. The van der Waals surface area contributed by atoms with Crippen molar-refractivity contribution in [1.82, 2.24) is 0 Å². The maximum absolute atomic E-state index is 13.0. The Morgan fingerprint density at radius 2 is 2.38 bits per heavy atom. The van der Waals surface area contributed by atoms with E-state index in [0.717, 1.165) is 17.7 Å². The zero-order valence-electron chi connectivity index (χ0n) is 7.35. The second-order valence-electron chi connectivity index (χ2n) is 3.41. The summed E-state index contributed by atoms with van der Waals surface area (Å²) >= 11 is 5.95. The van der Waals surface area contributed by atoms with Gasteiger partial charge < -0.3 is 5.32 Å². The molecule has 13 heavy (non-hydrogen) atoms. The lowest BCUT2D eigenvalue weighted by molar-refractivity contribution is 0.322. The second kappa shape index (κ2) is 3.18. The van der Waals surface area contributed by atoms with Crippen LogP contribution in [0.1, 0.15) is 12.5 Å². The van der Waals surface area contributed by atoms with E-state index in [1.165, 1.54) is 0 Å². The van der Waals surface area contributed by atoms with E-state index in [1.807, 2.05) is 18.2 Å². The summed E-state index contributed by atoms with van der Waals surface area (Å²) in [5.74, 6) is 0. The summed E-state index contributed by atoms with van der Waals surface area (Å²) in [7, 11) is 0. The molecule has 0 spiro atoms. The number of nitrogens with one attached hydrogen (secondary N) is 1. The van der Waals surface area contributed by atoms with E-state index in [4.69, 9.17) is 11.6 Å². The molecule has 0 aliphatic carbocycles. The predicted octanol–water partition coefficient (Wildman–Crippen LogP) is 3.03. The summed E-state index contributed by atoms with van der Waals surface area (Å²) < 4.78 is 13.0. The molecule has 0 amide bonds. The Labute approximate surface area is 81.9 Å². The predicted molar refractivity (Wildman–Crippen MR) is 53.1 cm³/mol. The Morgan fingerprint density at radius 1 is 1.62 bits per heavy atom. The standard InChI is InChI=1S/C10H11ClFN/c1-6(12)9-5-7-3-2-4-8(11)10(7)13-9/h2-4,6,9,13H,5H2,1H3. The highest BCUT2D eigenvalue weighted by Gasteiger charge is 2.26. The molecule has 3 heteroatoms. The smallest absolute Gasteiger partial charge is 0.118 e. The van der Waals surface area contributed by atoms with Crippen molar-refractivity contribution in [3.05, 3.63) is 28.8 Å². The summed E-state index contributed by atoms with van der Waals surface area (Å²) in [5.41, 5.74) is 2.01. The van der Waals surface area contributed by atoms with Crippen molar-refractivity contribution in [3.8, 4) is 0 Å². The van der Waals surface area contributed by atoms with Crippen LogP contribution in [-0.2, 0) is 6.42 Å². The van der Waals surface area contributed by atoms with E-state index in [2.05, 4.69) is 5.32 Å². The highest BCUT2D eigenvalue weighted by atomic mass is 35.5. The molecule has 1 N–H and O–H groups in total. The topological polar surface area (TPSA) is 12.0 Å². The van der Waals surface area contributed by atoms with Gasteiger partial charge >= 0.3 is 0 Å². The van der Waals surface area contributed by atoms with Gasteiger partial charge in [0.2, 0.25) is 0 Å². The van der Waals surface area contributed by atoms with E-state index >= 15 is 0 Å². The van der Waals surface area contributed by atoms with Gasteiger partial charge in [-0.1, -0.05) is 23.7 Å². The minimum absolute atomic E-state index is 0.116. The van der Waals surface area contributed by atoms with Crippen molar-refractivity contribution in [2.45, 2.75) is 25.6 Å². The summed E-state index contributed by atoms with van der Waals surface area (Å²) in [4.78, 5) is 0. The van der Waals surface area contributed by atoms with Gasteiger partial charge in [-0.3, -0.25) is 0 Å².